The Kier molecular flexibility index (Phi) is 7.29. The van der Waals surface area contributed by atoms with Crippen LogP contribution in [0.4, 0.5) is 4.79 Å². The summed E-state index contributed by atoms with van der Waals surface area (Å²) < 4.78 is 5.26. The number of ether oxygens (including phenoxy) is 1. The highest BCUT2D eigenvalue weighted by molar-refractivity contribution is 5.68. The summed E-state index contributed by atoms with van der Waals surface area (Å²) in [6, 6.07) is 0. The zero-order chi connectivity index (χ0) is 13.3. The molecule has 0 aromatic carbocycles. The molecule has 6 nitrogen and oxygen atoms in total. The second-order valence-corrected chi connectivity index (χ2v) is 4.81. The van der Waals surface area contributed by atoms with Gasteiger partial charge in [0, 0.05) is 13.1 Å². The van der Waals surface area contributed by atoms with E-state index in [1.54, 1.807) is 10.3 Å². The number of nitrogens with two attached hydrogens (primary N) is 1. The Bertz CT molecular complexity index is 233. The Morgan fingerprint density at radius 3 is 2.12 bits per heavy atom. The second-order valence-electron chi connectivity index (χ2n) is 4.81. The Balaban J connectivity index is 0.000000557. The third-order valence-corrected chi connectivity index (χ3v) is 2.08. The third kappa shape index (κ3) is 8.50. The number of carbonyl (C=O) groups excluding carboxylic acids is 2. The molecule has 0 unspecified atom stereocenters. The number of nitrogens with zero attached hydrogens (tertiary/aromatic N) is 1. The van der Waals surface area contributed by atoms with E-state index in [-0.39, 0.29) is 11.7 Å². The number of nitrogens with one attached hydrogen (secondary N) is 1. The van der Waals surface area contributed by atoms with Crippen LogP contribution in [-0.2, 0) is 9.53 Å². The van der Waals surface area contributed by atoms with Crippen LogP contribution >= 0.6 is 0 Å². The Hall–Kier alpha value is -1.30. The molecular formula is C11H23N3O3. The summed E-state index contributed by atoms with van der Waals surface area (Å²) in [7, 11) is 0. The predicted octanol–water partition coefficient (Wildman–Crippen LogP) is 1.01. The average molecular weight is 245 g/mol. The summed E-state index contributed by atoms with van der Waals surface area (Å²) in [5.74, 6) is 4.41. The van der Waals surface area contributed by atoms with E-state index in [0.29, 0.717) is 6.41 Å². The van der Waals surface area contributed by atoms with Gasteiger partial charge in [-0.15, -0.1) is 0 Å². The zero-order valence-electron chi connectivity index (χ0n) is 10.9. The topological polar surface area (TPSA) is 84.7 Å². The molecule has 2 amide bonds. The molecule has 1 fully saturated rings. The van der Waals surface area contributed by atoms with Crippen LogP contribution < -0.4 is 11.3 Å². The molecule has 1 saturated heterocycles. The van der Waals surface area contributed by atoms with E-state index < -0.39 is 0 Å². The maximum atomic E-state index is 11.5. The lowest BCUT2D eigenvalue weighted by molar-refractivity contribution is -0.109. The molecule has 0 saturated carbocycles. The molecule has 0 atom stereocenters. The minimum Gasteiger partial charge on any atom is -0.444 e. The molecular weight excluding hydrogens is 222 g/mol. The van der Waals surface area contributed by atoms with Crippen LogP contribution in [0.2, 0.25) is 0 Å². The molecule has 1 rings (SSSR count). The smallest absolute Gasteiger partial charge is 0.410 e. The van der Waals surface area contributed by atoms with Crippen molar-refractivity contribution in [2.24, 2.45) is 5.84 Å². The van der Waals surface area contributed by atoms with E-state index in [4.69, 9.17) is 9.53 Å². The quantitative estimate of drug-likeness (QED) is 0.312. The number of piperidine rings is 1. The van der Waals surface area contributed by atoms with Crippen molar-refractivity contribution in [3.05, 3.63) is 0 Å². The van der Waals surface area contributed by atoms with E-state index in [2.05, 4.69) is 5.84 Å². The number of hydrogen-bond donors (Lipinski definition) is 2. The number of hydrogen-bond acceptors (Lipinski definition) is 4. The first-order valence-corrected chi connectivity index (χ1v) is 5.78. The maximum Gasteiger partial charge on any atom is 0.410 e. The summed E-state index contributed by atoms with van der Waals surface area (Å²) >= 11 is 0. The minimum absolute atomic E-state index is 0.160. The van der Waals surface area contributed by atoms with Crippen molar-refractivity contribution >= 4 is 12.5 Å². The van der Waals surface area contributed by atoms with Crippen LogP contribution in [0.3, 0.4) is 0 Å². The van der Waals surface area contributed by atoms with Gasteiger partial charge in [-0.2, -0.15) is 0 Å². The SMILES string of the molecule is CC(C)(C)OC(=O)N1CCCCC1.NNC=O. The van der Waals surface area contributed by atoms with Crippen LogP contribution in [0.5, 0.6) is 0 Å². The summed E-state index contributed by atoms with van der Waals surface area (Å²) in [5.41, 5.74) is 1.38. The fourth-order valence-electron chi connectivity index (χ4n) is 1.40. The predicted molar refractivity (Wildman–Crippen MR) is 65.0 cm³/mol. The normalized spacial score (nSPS) is 15.4. The van der Waals surface area contributed by atoms with Crippen molar-refractivity contribution in [1.82, 2.24) is 10.3 Å². The van der Waals surface area contributed by atoms with Gasteiger partial charge in [-0.1, -0.05) is 0 Å². The second kappa shape index (κ2) is 7.89. The first-order valence-electron chi connectivity index (χ1n) is 5.78. The fraction of sp³-hybridized carbons (Fsp3) is 0.818. The molecule has 6 heteroatoms. The van der Waals surface area contributed by atoms with Crippen LogP contribution in [0.15, 0.2) is 0 Å². The average Bonchev–Trinajstić information content (AvgIpc) is 2.28. The Morgan fingerprint density at radius 2 is 1.76 bits per heavy atom. The Morgan fingerprint density at radius 1 is 1.29 bits per heavy atom. The summed E-state index contributed by atoms with van der Waals surface area (Å²) in [4.78, 5) is 22.3. The van der Waals surface area contributed by atoms with Gasteiger partial charge in [0.2, 0.25) is 6.41 Å². The van der Waals surface area contributed by atoms with Gasteiger partial charge in [0.15, 0.2) is 0 Å². The lowest BCUT2D eigenvalue weighted by Gasteiger charge is -2.29. The number of hydrazine groups is 1. The van der Waals surface area contributed by atoms with Gasteiger partial charge in [-0.25, -0.2) is 10.6 Å². The van der Waals surface area contributed by atoms with Crippen LogP contribution in [0, 0.1) is 0 Å². The van der Waals surface area contributed by atoms with Gasteiger partial charge < -0.3 is 9.64 Å². The molecule has 1 aliphatic rings. The van der Waals surface area contributed by atoms with E-state index in [1.807, 2.05) is 20.8 Å². The molecule has 0 bridgehead atoms. The van der Waals surface area contributed by atoms with Crippen molar-refractivity contribution in [3.63, 3.8) is 0 Å². The van der Waals surface area contributed by atoms with Crippen molar-refractivity contribution < 1.29 is 14.3 Å². The van der Waals surface area contributed by atoms with E-state index in [0.717, 1.165) is 25.9 Å². The monoisotopic (exact) mass is 245 g/mol. The molecule has 3 N–H and O–H groups in total. The van der Waals surface area contributed by atoms with Crippen LogP contribution in [-0.4, -0.2) is 36.1 Å². The van der Waals surface area contributed by atoms with Crippen LogP contribution in [0.25, 0.3) is 0 Å². The lowest BCUT2D eigenvalue weighted by atomic mass is 10.1. The van der Waals surface area contributed by atoms with Crippen molar-refractivity contribution in [1.29, 1.82) is 0 Å². The molecule has 0 spiro atoms. The highest BCUT2D eigenvalue weighted by Gasteiger charge is 2.22. The van der Waals surface area contributed by atoms with Crippen molar-refractivity contribution in [2.45, 2.75) is 45.6 Å². The maximum absolute atomic E-state index is 11.5. The summed E-state index contributed by atoms with van der Waals surface area (Å²) in [6.45, 7) is 7.41. The summed E-state index contributed by atoms with van der Waals surface area (Å²) in [5, 5.41) is 0. The lowest BCUT2D eigenvalue weighted by Crippen LogP contribution is -2.39. The molecule has 0 aromatic rings. The highest BCUT2D eigenvalue weighted by Crippen LogP contribution is 2.14. The van der Waals surface area contributed by atoms with Gasteiger partial charge >= 0.3 is 6.09 Å². The molecule has 0 aliphatic carbocycles. The zero-order valence-corrected chi connectivity index (χ0v) is 10.9. The molecule has 0 radical (unpaired) electrons. The van der Waals surface area contributed by atoms with Gasteiger partial charge in [-0.3, -0.25) is 10.2 Å². The van der Waals surface area contributed by atoms with E-state index >= 15 is 0 Å². The molecule has 0 aromatic heterocycles. The number of likely N-dealkylation sites (tertiary alicyclic amines) is 1. The van der Waals surface area contributed by atoms with Crippen molar-refractivity contribution in [3.8, 4) is 0 Å². The van der Waals surface area contributed by atoms with Gasteiger partial charge in [0.25, 0.3) is 0 Å². The highest BCUT2D eigenvalue weighted by atomic mass is 16.6. The number of amides is 2. The molecule has 100 valence electrons. The van der Waals surface area contributed by atoms with Gasteiger partial charge in [0.05, 0.1) is 0 Å². The van der Waals surface area contributed by atoms with E-state index in [1.165, 1.54) is 6.42 Å². The standard InChI is InChI=1S/C10H19NO2.CH4N2O/c1-10(2,3)13-9(12)11-7-5-4-6-8-11;2-3-1-4/h4-8H2,1-3H3;1H,2H2,(H,3,4). The van der Waals surface area contributed by atoms with Gasteiger partial charge in [-0.05, 0) is 40.0 Å². The number of carbonyl (C=O) groups is 2. The first kappa shape index (κ1) is 15.7. The third-order valence-electron chi connectivity index (χ3n) is 2.08. The first-order chi connectivity index (χ1) is 7.90. The molecule has 1 aliphatic heterocycles. The Labute approximate surface area is 102 Å². The number of rotatable bonds is 1. The fourth-order valence-corrected chi connectivity index (χ4v) is 1.40. The van der Waals surface area contributed by atoms with Gasteiger partial charge in [0.1, 0.15) is 5.60 Å². The van der Waals surface area contributed by atoms with E-state index in [9.17, 15) is 4.79 Å². The largest absolute Gasteiger partial charge is 0.444 e. The molecule has 17 heavy (non-hydrogen) atoms. The molecule has 1 heterocycles. The minimum atomic E-state index is -0.367. The summed E-state index contributed by atoms with van der Waals surface area (Å²) in [6.07, 6.45) is 3.70. The van der Waals surface area contributed by atoms with Crippen LogP contribution in [0.1, 0.15) is 40.0 Å². The van der Waals surface area contributed by atoms with Crippen molar-refractivity contribution in [2.75, 3.05) is 13.1 Å².